The average molecular weight is 635 g/mol. The Labute approximate surface area is 260 Å². The van der Waals surface area contributed by atoms with Gasteiger partial charge in [-0.1, -0.05) is 0 Å². The summed E-state index contributed by atoms with van der Waals surface area (Å²) in [4.78, 5) is 64.6. The molecule has 0 rings (SSSR count). The lowest BCUT2D eigenvalue weighted by molar-refractivity contribution is -0.369. The van der Waals surface area contributed by atoms with Gasteiger partial charge in [0.25, 0.3) is 0 Å². The van der Waals surface area contributed by atoms with E-state index >= 15 is 0 Å². The molecule has 6 atom stereocenters. The lowest BCUT2D eigenvalue weighted by Gasteiger charge is -2.27. The van der Waals surface area contributed by atoms with E-state index in [9.17, 15) is 29.1 Å². The number of hydrogen-bond donors (Lipinski definition) is 11. The molecule has 16 heteroatoms. The van der Waals surface area contributed by atoms with Crippen LogP contribution in [0.1, 0.15) is 84.0 Å². The van der Waals surface area contributed by atoms with Crippen LogP contribution in [0.4, 0.5) is 0 Å². The highest BCUT2D eigenvalue weighted by atomic mass is 16.3. The second kappa shape index (κ2) is 24.4. The molecule has 44 heavy (non-hydrogen) atoms. The van der Waals surface area contributed by atoms with Crippen LogP contribution in [0, 0.1) is 0 Å². The van der Waals surface area contributed by atoms with E-state index < -0.39 is 65.8 Å². The molecule has 0 fully saturated rings. The number of nitrogens with one attached hydrogen (secondary N) is 4. The topological polar surface area (TPSA) is 316 Å². The highest BCUT2D eigenvalue weighted by molar-refractivity contribution is 5.95. The van der Waals surface area contributed by atoms with Crippen molar-refractivity contribution in [2.24, 2.45) is 11.5 Å². The van der Waals surface area contributed by atoms with Crippen molar-refractivity contribution in [1.82, 2.24) is 21.3 Å². The molecule has 5 amide bonds. The SMILES string of the molecule is C[C@@H](O)[C@H](NC(=O)[C@H](CCCC[NH3+])NC(=O)[C@H](CCCC[NH3+])NC(=O)[C@@H](N)CCCC[NH3+])C(=O)N[C@@H](CCCC[NH3+])C(N)=O. The lowest BCUT2D eigenvalue weighted by Crippen LogP contribution is -2.60. The summed E-state index contributed by atoms with van der Waals surface area (Å²) in [5, 5.41) is 20.9. The standard InChI is InChI=1S/C28H58N10O6/c1-18(39)23(28(44)35-20(24(34)40)11-3-7-15-30)38-27(43)22(13-5-9-17-32)37-26(42)21(12-4-8-16-31)36-25(41)19(33)10-2-6-14-29/h18-23,39H,2-17,29-33H2,1H3,(H2,34,40)(H,35,44)(H,36,41)(H,37,42)(H,38,43)/p+4/t18-,19+,20+,21+,22+,23+/m1/s1. The number of primary amides is 1. The molecule has 0 aliphatic heterocycles. The molecule has 256 valence electrons. The van der Waals surface area contributed by atoms with Crippen LogP contribution in [-0.4, -0.2) is 97.1 Å². The van der Waals surface area contributed by atoms with Crippen molar-refractivity contribution in [3.05, 3.63) is 0 Å². The Hall–Kier alpha value is -2.89. The van der Waals surface area contributed by atoms with Crippen molar-refractivity contribution in [2.75, 3.05) is 26.2 Å². The van der Waals surface area contributed by atoms with Gasteiger partial charge >= 0.3 is 0 Å². The van der Waals surface area contributed by atoms with Gasteiger partial charge < -0.3 is 60.8 Å². The molecule has 0 saturated carbocycles. The van der Waals surface area contributed by atoms with Gasteiger partial charge in [0.05, 0.1) is 38.3 Å². The van der Waals surface area contributed by atoms with E-state index in [4.69, 9.17) is 11.5 Å². The number of nitrogens with two attached hydrogens (primary N) is 2. The molecule has 0 heterocycles. The van der Waals surface area contributed by atoms with Gasteiger partial charge in [-0.3, -0.25) is 24.0 Å². The third-order valence-corrected chi connectivity index (χ3v) is 7.32. The molecule has 16 nitrogen and oxygen atoms in total. The summed E-state index contributed by atoms with van der Waals surface area (Å²) in [6, 6.07) is -5.17. The highest BCUT2D eigenvalue weighted by Crippen LogP contribution is 2.08. The Bertz CT molecular complexity index is 863. The smallest absolute Gasteiger partial charge is 0.245 e. The van der Waals surface area contributed by atoms with Crippen molar-refractivity contribution in [3.63, 3.8) is 0 Å². The van der Waals surface area contributed by atoms with Crippen LogP contribution in [0.2, 0.25) is 0 Å². The third kappa shape index (κ3) is 17.4. The Morgan fingerprint density at radius 1 is 0.568 bits per heavy atom. The molecule has 0 aliphatic rings. The molecule has 0 aliphatic carbocycles. The average Bonchev–Trinajstić information content (AvgIpc) is 2.97. The first kappa shape index (κ1) is 41.1. The Morgan fingerprint density at radius 2 is 0.932 bits per heavy atom. The number of unbranched alkanes of at least 4 members (excludes halogenated alkanes) is 4. The predicted molar refractivity (Wildman–Crippen MR) is 163 cm³/mol. The largest absolute Gasteiger partial charge is 0.391 e. The van der Waals surface area contributed by atoms with Crippen LogP contribution < -0.4 is 55.7 Å². The first-order chi connectivity index (χ1) is 20.9. The zero-order chi connectivity index (χ0) is 33.5. The van der Waals surface area contributed by atoms with Gasteiger partial charge in [-0.25, -0.2) is 0 Å². The fourth-order valence-corrected chi connectivity index (χ4v) is 4.54. The summed E-state index contributed by atoms with van der Waals surface area (Å²) in [7, 11) is 0. The van der Waals surface area contributed by atoms with Crippen LogP contribution in [0.25, 0.3) is 0 Å². The van der Waals surface area contributed by atoms with Crippen LogP contribution in [0.3, 0.4) is 0 Å². The van der Waals surface area contributed by atoms with Crippen molar-refractivity contribution in [1.29, 1.82) is 0 Å². The number of aliphatic hydroxyl groups excluding tert-OH is 1. The number of rotatable bonds is 26. The van der Waals surface area contributed by atoms with E-state index in [1.165, 1.54) is 6.92 Å². The van der Waals surface area contributed by atoms with Crippen LogP contribution >= 0.6 is 0 Å². The molecule has 0 spiro atoms. The van der Waals surface area contributed by atoms with Crippen molar-refractivity contribution < 1.29 is 52.0 Å². The quantitative estimate of drug-likeness (QED) is 0.0408. The van der Waals surface area contributed by atoms with E-state index in [-0.39, 0.29) is 6.42 Å². The van der Waals surface area contributed by atoms with E-state index in [2.05, 4.69) is 44.2 Å². The number of aliphatic hydroxyl groups is 1. The van der Waals surface area contributed by atoms with E-state index in [0.29, 0.717) is 64.6 Å². The zero-order valence-electron chi connectivity index (χ0n) is 26.7. The maximum absolute atomic E-state index is 13.4. The minimum Gasteiger partial charge on any atom is -0.391 e. The van der Waals surface area contributed by atoms with Gasteiger partial charge in [0.1, 0.15) is 24.2 Å². The first-order valence-electron chi connectivity index (χ1n) is 16.0. The number of carbonyl (C=O) groups is 5. The number of quaternary nitrogens is 4. The molecular formula is C28H62N10O6+4. The summed E-state index contributed by atoms with van der Waals surface area (Å²) < 4.78 is 0. The van der Waals surface area contributed by atoms with Gasteiger partial charge in [-0.05, 0) is 84.0 Å². The summed E-state index contributed by atoms with van der Waals surface area (Å²) in [6.45, 7) is 4.02. The fraction of sp³-hybridized carbons (Fsp3) is 0.821. The normalized spacial score (nSPS) is 15.2. The fourth-order valence-electron chi connectivity index (χ4n) is 4.54. The molecule has 0 aromatic heterocycles. The molecule has 0 bridgehead atoms. The second-order valence-corrected chi connectivity index (χ2v) is 11.3. The van der Waals surface area contributed by atoms with Gasteiger partial charge in [0.15, 0.2) is 0 Å². The minimum absolute atomic E-state index is 0.236. The van der Waals surface area contributed by atoms with E-state index in [1.807, 2.05) is 0 Å². The highest BCUT2D eigenvalue weighted by Gasteiger charge is 2.33. The molecule has 0 aromatic carbocycles. The molecule has 21 N–H and O–H groups in total. The number of carbonyl (C=O) groups excluding carboxylic acids is 5. The molecule has 0 saturated heterocycles. The Kier molecular flexibility index (Phi) is 22.8. The molecule has 0 aromatic rings. The Morgan fingerprint density at radius 3 is 1.34 bits per heavy atom. The van der Waals surface area contributed by atoms with Crippen molar-refractivity contribution in [2.45, 2.75) is 120 Å². The van der Waals surface area contributed by atoms with Gasteiger partial charge in [0.2, 0.25) is 29.5 Å². The molecule has 0 radical (unpaired) electrons. The van der Waals surface area contributed by atoms with E-state index in [1.54, 1.807) is 0 Å². The summed E-state index contributed by atoms with van der Waals surface area (Å²) in [5.74, 6) is -3.21. The van der Waals surface area contributed by atoms with Crippen LogP contribution in [0.5, 0.6) is 0 Å². The third-order valence-electron chi connectivity index (χ3n) is 7.32. The maximum Gasteiger partial charge on any atom is 0.245 e. The zero-order valence-corrected chi connectivity index (χ0v) is 26.7. The minimum atomic E-state index is -1.41. The van der Waals surface area contributed by atoms with Gasteiger partial charge in [0, 0.05) is 0 Å². The Balaban J connectivity index is 5.76. The molecule has 0 unspecified atom stereocenters. The monoisotopic (exact) mass is 634 g/mol. The maximum atomic E-state index is 13.4. The lowest BCUT2D eigenvalue weighted by atomic mass is 10.0. The van der Waals surface area contributed by atoms with Gasteiger partial charge in [-0.15, -0.1) is 0 Å². The number of amides is 5. The predicted octanol–water partition coefficient (Wildman–Crippen LogP) is -6.23. The summed E-state index contributed by atoms with van der Waals surface area (Å²) in [5.41, 5.74) is 26.7. The summed E-state index contributed by atoms with van der Waals surface area (Å²) >= 11 is 0. The van der Waals surface area contributed by atoms with Crippen molar-refractivity contribution in [3.8, 4) is 0 Å². The summed E-state index contributed by atoms with van der Waals surface area (Å²) in [6.07, 6.45) is 5.53. The molecular weight excluding hydrogens is 572 g/mol. The number of hydrogen-bond acceptors (Lipinski definition) is 7. The van der Waals surface area contributed by atoms with Gasteiger partial charge in [-0.2, -0.15) is 0 Å². The van der Waals surface area contributed by atoms with Crippen LogP contribution in [0.15, 0.2) is 0 Å². The van der Waals surface area contributed by atoms with Crippen LogP contribution in [-0.2, 0) is 24.0 Å². The van der Waals surface area contributed by atoms with E-state index in [0.717, 1.165) is 32.2 Å². The van der Waals surface area contributed by atoms with Crippen molar-refractivity contribution >= 4 is 29.5 Å². The second-order valence-electron chi connectivity index (χ2n) is 11.3. The first-order valence-corrected chi connectivity index (χ1v) is 16.0.